The third-order valence-electron chi connectivity index (χ3n) is 8.23. The first kappa shape index (κ1) is 23.8. The van der Waals surface area contributed by atoms with Crippen LogP contribution in [0.2, 0.25) is 0 Å². The number of imidazole rings is 1. The molecule has 2 aromatic heterocycles. The number of hydrogen-bond acceptors (Lipinski definition) is 3. The second kappa shape index (κ2) is 9.05. The van der Waals surface area contributed by atoms with Crippen LogP contribution in [0.25, 0.3) is 28.2 Å². The van der Waals surface area contributed by atoms with Gasteiger partial charge in [0.1, 0.15) is 11.2 Å². The Morgan fingerprint density at radius 3 is 2.41 bits per heavy atom. The third-order valence-corrected chi connectivity index (χ3v) is 8.23. The summed E-state index contributed by atoms with van der Waals surface area (Å²) >= 11 is 0. The summed E-state index contributed by atoms with van der Waals surface area (Å²) in [6.45, 7) is 5.92. The Balaban J connectivity index is 1.35. The molecular formula is C32H35N3O2. The number of nitrogens with zero attached hydrogens (tertiary/aromatic N) is 2. The Kier molecular flexibility index (Phi) is 5.82. The van der Waals surface area contributed by atoms with Crippen LogP contribution in [-0.4, -0.2) is 21.1 Å². The lowest BCUT2D eigenvalue weighted by Gasteiger charge is -2.43. The monoisotopic (exact) mass is 493 g/mol. The Bertz CT molecular complexity index is 1430. The average molecular weight is 494 g/mol. The van der Waals surface area contributed by atoms with Crippen molar-refractivity contribution in [3.63, 3.8) is 0 Å². The molecule has 1 N–H and O–H groups in total. The molecule has 5 nitrogen and oxygen atoms in total. The summed E-state index contributed by atoms with van der Waals surface area (Å²) in [5, 5.41) is 3.20. The van der Waals surface area contributed by atoms with E-state index in [1.807, 2.05) is 26.8 Å². The van der Waals surface area contributed by atoms with E-state index in [0.717, 1.165) is 59.4 Å². The lowest BCUT2D eigenvalue weighted by Crippen LogP contribution is -2.52. The number of aromatic nitrogens is 2. The Hall–Kier alpha value is -3.60. The van der Waals surface area contributed by atoms with E-state index < -0.39 is 5.60 Å². The van der Waals surface area contributed by atoms with Crippen molar-refractivity contribution in [2.45, 2.75) is 76.4 Å². The van der Waals surface area contributed by atoms with Gasteiger partial charge >= 0.3 is 6.09 Å². The topological polar surface area (TPSA) is 55.6 Å². The van der Waals surface area contributed by atoms with Gasteiger partial charge in [0.25, 0.3) is 0 Å². The number of nitrogens with one attached hydrogen (secondary N) is 1. The molecule has 37 heavy (non-hydrogen) atoms. The molecule has 2 fully saturated rings. The molecule has 4 aromatic rings. The lowest BCUT2D eigenvalue weighted by molar-refractivity contribution is 0.0236. The van der Waals surface area contributed by atoms with Crippen LogP contribution in [0.5, 0.6) is 0 Å². The van der Waals surface area contributed by atoms with Crippen LogP contribution < -0.4 is 5.32 Å². The maximum Gasteiger partial charge on any atom is 0.408 e. The van der Waals surface area contributed by atoms with Gasteiger partial charge in [-0.05, 0) is 81.5 Å². The molecule has 190 valence electrons. The second-order valence-electron chi connectivity index (χ2n) is 11.3. The van der Waals surface area contributed by atoms with Crippen LogP contribution in [0.1, 0.15) is 76.3 Å². The Morgan fingerprint density at radius 2 is 1.78 bits per heavy atom. The number of rotatable bonds is 7. The molecule has 0 atom stereocenters. The van der Waals surface area contributed by atoms with E-state index in [2.05, 4.69) is 76.6 Å². The van der Waals surface area contributed by atoms with Crippen molar-refractivity contribution >= 4 is 11.7 Å². The van der Waals surface area contributed by atoms with Gasteiger partial charge in [0.2, 0.25) is 0 Å². The molecule has 0 radical (unpaired) electrons. The maximum atomic E-state index is 12.7. The van der Waals surface area contributed by atoms with Gasteiger partial charge in [-0.2, -0.15) is 0 Å². The number of amides is 1. The molecule has 2 heterocycles. The summed E-state index contributed by atoms with van der Waals surface area (Å²) in [5.74, 6) is 0.686. The average Bonchev–Trinajstić information content (AvgIpc) is 3.66. The number of benzene rings is 2. The number of hydrogen-bond donors (Lipinski definition) is 1. The molecule has 1 amide bonds. The number of alkyl carbamates (subject to hydrolysis) is 1. The summed E-state index contributed by atoms with van der Waals surface area (Å²) in [7, 11) is 0. The van der Waals surface area contributed by atoms with Gasteiger partial charge in [0.05, 0.1) is 16.9 Å². The minimum absolute atomic E-state index is 0.339. The fourth-order valence-corrected chi connectivity index (χ4v) is 5.31. The molecule has 2 aliphatic rings. The van der Waals surface area contributed by atoms with Crippen molar-refractivity contribution < 1.29 is 9.53 Å². The zero-order valence-corrected chi connectivity index (χ0v) is 22.0. The summed E-state index contributed by atoms with van der Waals surface area (Å²) in [5.41, 5.74) is 6.95. The highest BCUT2D eigenvalue weighted by Gasteiger charge is 2.41. The number of pyridine rings is 1. The first-order valence-corrected chi connectivity index (χ1v) is 13.6. The molecule has 0 aliphatic heterocycles. The van der Waals surface area contributed by atoms with Crippen molar-refractivity contribution in [3.8, 4) is 22.5 Å². The largest absolute Gasteiger partial charge is 0.444 e. The number of carbonyl (C=O) groups excluding carboxylic acids is 1. The van der Waals surface area contributed by atoms with Crippen molar-refractivity contribution in [2.75, 3.05) is 0 Å². The van der Waals surface area contributed by atoms with Crippen LogP contribution >= 0.6 is 0 Å². The van der Waals surface area contributed by atoms with Crippen molar-refractivity contribution in [1.29, 1.82) is 0 Å². The standard InChI is InChI=1S/C32H35N3O2/c1-4-31(2,3)37-30(36)34-32(18-8-19-32)26-15-13-23(14-16-26)28-29(24-9-6-5-7-10-24)35-20-17-25(22-11-12-22)21-27(35)33-28/h5-7,9-10,13-17,20-22H,4,8,11-12,18-19H2,1-3H3,(H,34,36). The van der Waals surface area contributed by atoms with E-state index in [1.54, 1.807) is 0 Å². The van der Waals surface area contributed by atoms with E-state index in [9.17, 15) is 4.79 Å². The smallest absolute Gasteiger partial charge is 0.408 e. The molecule has 5 heteroatoms. The SMILES string of the molecule is CCC(C)(C)OC(=O)NC1(c2ccc(-c3nc4cc(C5CC5)ccn4c3-c3ccccc3)cc2)CCC1. The number of carbonyl (C=O) groups is 1. The van der Waals surface area contributed by atoms with Crippen molar-refractivity contribution in [3.05, 3.63) is 84.1 Å². The predicted octanol–water partition coefficient (Wildman–Crippen LogP) is 7.84. The van der Waals surface area contributed by atoms with Gasteiger partial charge in [0, 0.05) is 17.3 Å². The molecular weight excluding hydrogens is 458 g/mol. The molecule has 0 unspecified atom stereocenters. The highest BCUT2D eigenvalue weighted by atomic mass is 16.6. The predicted molar refractivity (Wildman–Crippen MR) is 148 cm³/mol. The summed E-state index contributed by atoms with van der Waals surface area (Å²) < 4.78 is 7.91. The molecule has 0 bridgehead atoms. The number of fused-ring (bicyclic) bond motifs is 1. The van der Waals surface area contributed by atoms with E-state index in [0.29, 0.717) is 5.92 Å². The zero-order valence-electron chi connectivity index (χ0n) is 22.0. The highest BCUT2D eigenvalue weighted by Crippen LogP contribution is 2.43. The van der Waals surface area contributed by atoms with E-state index in [-0.39, 0.29) is 11.6 Å². The Labute approximate surface area is 218 Å². The zero-order chi connectivity index (χ0) is 25.6. The van der Waals surface area contributed by atoms with Gasteiger partial charge in [-0.1, -0.05) is 61.5 Å². The van der Waals surface area contributed by atoms with Crippen LogP contribution in [0, 0.1) is 0 Å². The summed E-state index contributed by atoms with van der Waals surface area (Å²) in [4.78, 5) is 17.8. The number of ether oxygens (including phenoxy) is 1. The molecule has 2 saturated carbocycles. The van der Waals surface area contributed by atoms with Crippen LogP contribution in [-0.2, 0) is 10.3 Å². The fraction of sp³-hybridized carbons (Fsp3) is 0.375. The summed E-state index contributed by atoms with van der Waals surface area (Å²) in [6.07, 6.45) is 8.08. The minimum atomic E-state index is -0.477. The van der Waals surface area contributed by atoms with Gasteiger partial charge in [-0.25, -0.2) is 9.78 Å². The molecule has 6 rings (SSSR count). The van der Waals surface area contributed by atoms with Crippen LogP contribution in [0.15, 0.2) is 72.9 Å². The van der Waals surface area contributed by atoms with Gasteiger partial charge < -0.3 is 10.1 Å². The lowest BCUT2D eigenvalue weighted by atomic mass is 9.71. The molecule has 2 aliphatic carbocycles. The molecule has 0 saturated heterocycles. The fourth-order valence-electron chi connectivity index (χ4n) is 5.31. The van der Waals surface area contributed by atoms with Gasteiger partial charge in [-0.3, -0.25) is 4.40 Å². The maximum absolute atomic E-state index is 12.7. The first-order valence-electron chi connectivity index (χ1n) is 13.6. The van der Waals surface area contributed by atoms with Gasteiger partial charge in [0.15, 0.2) is 0 Å². The summed E-state index contributed by atoms with van der Waals surface area (Å²) in [6, 6.07) is 23.6. The molecule has 2 aromatic carbocycles. The van der Waals surface area contributed by atoms with E-state index in [4.69, 9.17) is 9.72 Å². The van der Waals surface area contributed by atoms with Crippen molar-refractivity contribution in [2.24, 2.45) is 0 Å². The second-order valence-corrected chi connectivity index (χ2v) is 11.3. The van der Waals surface area contributed by atoms with E-state index in [1.165, 1.54) is 18.4 Å². The van der Waals surface area contributed by atoms with Crippen molar-refractivity contribution in [1.82, 2.24) is 14.7 Å². The minimum Gasteiger partial charge on any atom is -0.444 e. The van der Waals surface area contributed by atoms with Crippen LogP contribution in [0.4, 0.5) is 4.79 Å². The normalized spacial score (nSPS) is 16.8. The first-order chi connectivity index (χ1) is 17.9. The van der Waals surface area contributed by atoms with E-state index >= 15 is 0 Å². The Morgan fingerprint density at radius 1 is 1.05 bits per heavy atom. The quantitative estimate of drug-likeness (QED) is 0.285. The third kappa shape index (κ3) is 4.52. The highest BCUT2D eigenvalue weighted by molar-refractivity contribution is 5.82. The van der Waals surface area contributed by atoms with Gasteiger partial charge in [-0.15, -0.1) is 0 Å². The van der Waals surface area contributed by atoms with Crippen LogP contribution in [0.3, 0.4) is 0 Å². The molecule has 0 spiro atoms.